The lowest BCUT2D eigenvalue weighted by atomic mass is 10.2. The molecule has 0 fully saturated rings. The van der Waals surface area contributed by atoms with Crippen molar-refractivity contribution in [2.45, 2.75) is 51.3 Å². The standard InChI is InChI=1S/C8H15N2.C4H3F7/c1-3-4-5-10-7-6-9(2)8-10;1-2(5,6)3(7,8)4(9,10)11/h6-8H,3-5H2,1-2H3;1H3/q+1;. The van der Waals surface area contributed by atoms with Gasteiger partial charge in [0, 0.05) is 6.92 Å². The summed E-state index contributed by atoms with van der Waals surface area (Å²) in [6, 6.07) is 0. The van der Waals surface area contributed by atoms with Gasteiger partial charge in [0.05, 0.1) is 13.6 Å². The Labute approximate surface area is 118 Å². The first-order valence-corrected chi connectivity index (χ1v) is 6.16. The number of aromatic nitrogens is 2. The lowest BCUT2D eigenvalue weighted by Crippen LogP contribution is -2.50. The van der Waals surface area contributed by atoms with Gasteiger partial charge in [-0.15, -0.1) is 0 Å². The molecule has 0 aliphatic carbocycles. The molecule has 1 aromatic heterocycles. The van der Waals surface area contributed by atoms with Gasteiger partial charge in [0.1, 0.15) is 12.4 Å². The van der Waals surface area contributed by atoms with Gasteiger partial charge in [0.2, 0.25) is 6.33 Å². The second kappa shape index (κ2) is 7.13. The molecule has 0 aromatic carbocycles. The molecule has 0 saturated carbocycles. The van der Waals surface area contributed by atoms with Gasteiger partial charge in [-0.25, -0.2) is 9.13 Å². The Hall–Kier alpha value is -1.28. The largest absolute Gasteiger partial charge is 0.459 e. The highest BCUT2D eigenvalue weighted by Gasteiger charge is 2.70. The summed E-state index contributed by atoms with van der Waals surface area (Å²) in [6.07, 6.45) is 2.61. The first kappa shape index (κ1) is 19.7. The number of halogens is 7. The van der Waals surface area contributed by atoms with Crippen molar-refractivity contribution in [2.75, 3.05) is 0 Å². The molecule has 9 heteroatoms. The van der Waals surface area contributed by atoms with E-state index in [-0.39, 0.29) is 0 Å². The van der Waals surface area contributed by atoms with Crippen LogP contribution < -0.4 is 4.57 Å². The Morgan fingerprint density at radius 1 is 1.05 bits per heavy atom. The summed E-state index contributed by atoms with van der Waals surface area (Å²) in [5.41, 5.74) is 0. The summed E-state index contributed by atoms with van der Waals surface area (Å²) >= 11 is 0. The van der Waals surface area contributed by atoms with Crippen molar-refractivity contribution in [3.8, 4) is 0 Å². The third kappa shape index (κ3) is 5.92. The smallest absolute Gasteiger partial charge is 0.240 e. The zero-order valence-corrected chi connectivity index (χ0v) is 11.9. The molecule has 0 N–H and O–H groups in total. The Morgan fingerprint density at radius 3 is 1.81 bits per heavy atom. The van der Waals surface area contributed by atoms with Crippen LogP contribution in [0.5, 0.6) is 0 Å². The average Bonchev–Trinajstić information content (AvgIpc) is 2.70. The van der Waals surface area contributed by atoms with Gasteiger partial charge < -0.3 is 0 Å². The summed E-state index contributed by atoms with van der Waals surface area (Å²) in [4.78, 5) is 0. The molecule has 0 unspecified atom stereocenters. The first-order chi connectivity index (χ1) is 9.33. The maximum absolute atomic E-state index is 11.6. The van der Waals surface area contributed by atoms with Crippen LogP contribution in [0.15, 0.2) is 18.7 Å². The van der Waals surface area contributed by atoms with E-state index in [1.165, 1.54) is 12.8 Å². The zero-order chi connectivity index (χ0) is 16.9. The number of hydrogen-bond acceptors (Lipinski definition) is 0. The summed E-state index contributed by atoms with van der Waals surface area (Å²) in [7, 11) is 2.04. The lowest BCUT2D eigenvalue weighted by molar-refractivity contribution is -0.671. The van der Waals surface area contributed by atoms with Gasteiger partial charge in [-0.2, -0.15) is 30.7 Å². The number of nitrogens with zero attached hydrogens (tertiary/aromatic N) is 2. The van der Waals surface area contributed by atoms with Crippen LogP contribution in [0.2, 0.25) is 0 Å². The van der Waals surface area contributed by atoms with E-state index in [4.69, 9.17) is 0 Å². The molecule has 1 heterocycles. The van der Waals surface area contributed by atoms with Crippen LogP contribution >= 0.6 is 0 Å². The van der Waals surface area contributed by atoms with Crippen LogP contribution in [0.1, 0.15) is 26.7 Å². The van der Waals surface area contributed by atoms with Gasteiger partial charge in [-0.1, -0.05) is 13.3 Å². The van der Waals surface area contributed by atoms with Crippen molar-refractivity contribution < 1.29 is 35.3 Å². The monoisotopic (exact) mass is 323 g/mol. The van der Waals surface area contributed by atoms with Crippen molar-refractivity contribution in [1.29, 1.82) is 0 Å². The predicted molar refractivity (Wildman–Crippen MR) is 62.1 cm³/mol. The quantitative estimate of drug-likeness (QED) is 0.586. The zero-order valence-electron chi connectivity index (χ0n) is 11.9. The summed E-state index contributed by atoms with van der Waals surface area (Å²) in [5, 5.41) is 0. The maximum Gasteiger partial charge on any atom is 0.459 e. The van der Waals surface area contributed by atoms with E-state index in [0.29, 0.717) is 0 Å². The highest BCUT2D eigenvalue weighted by atomic mass is 19.4. The Balaban J connectivity index is 0.000000382. The number of hydrogen-bond donors (Lipinski definition) is 0. The molecule has 2 nitrogen and oxygen atoms in total. The molecule has 0 atom stereocenters. The third-order valence-electron chi connectivity index (χ3n) is 2.50. The van der Waals surface area contributed by atoms with Crippen molar-refractivity contribution in [1.82, 2.24) is 4.57 Å². The summed E-state index contributed by atoms with van der Waals surface area (Å²) in [5.74, 6) is -11.0. The Bertz CT molecular complexity index is 402. The van der Waals surface area contributed by atoms with Gasteiger partial charge >= 0.3 is 18.0 Å². The molecule has 0 amide bonds. The molecular formula is C12H18F7N2+. The molecule has 1 rings (SSSR count). The summed E-state index contributed by atoms with van der Waals surface area (Å²) < 4.78 is 83.8. The minimum Gasteiger partial charge on any atom is -0.240 e. The van der Waals surface area contributed by atoms with E-state index in [1.54, 1.807) is 0 Å². The number of imidazole rings is 1. The van der Waals surface area contributed by atoms with Crippen molar-refractivity contribution in [3.05, 3.63) is 18.7 Å². The van der Waals surface area contributed by atoms with Gasteiger partial charge in [-0.05, 0) is 6.42 Å². The number of aryl methyl sites for hydroxylation is 2. The van der Waals surface area contributed by atoms with Gasteiger partial charge in [-0.3, -0.25) is 0 Å². The highest BCUT2D eigenvalue weighted by Crippen LogP contribution is 2.45. The number of unbranched alkanes of at least 4 members (excludes halogenated alkanes) is 1. The molecule has 0 bridgehead atoms. The molecule has 0 radical (unpaired) electrons. The fraction of sp³-hybridized carbons (Fsp3) is 0.750. The number of rotatable bonds is 4. The van der Waals surface area contributed by atoms with Gasteiger partial charge in [0.25, 0.3) is 0 Å². The van der Waals surface area contributed by atoms with Crippen LogP contribution in [0, 0.1) is 0 Å². The summed E-state index contributed by atoms with van der Waals surface area (Å²) in [6.45, 7) is 2.88. The predicted octanol–water partition coefficient (Wildman–Crippen LogP) is 3.95. The van der Waals surface area contributed by atoms with E-state index < -0.39 is 24.9 Å². The topological polar surface area (TPSA) is 8.81 Å². The highest BCUT2D eigenvalue weighted by molar-refractivity contribution is 4.87. The van der Waals surface area contributed by atoms with Crippen molar-refractivity contribution >= 4 is 0 Å². The Morgan fingerprint density at radius 2 is 1.57 bits per heavy atom. The molecule has 1 aromatic rings. The van der Waals surface area contributed by atoms with E-state index in [2.05, 4.69) is 34.8 Å². The third-order valence-corrected chi connectivity index (χ3v) is 2.50. The minimum atomic E-state index is -6.20. The van der Waals surface area contributed by atoms with Crippen molar-refractivity contribution in [2.24, 2.45) is 7.05 Å². The molecule has 0 aliphatic rings. The molecule has 0 aliphatic heterocycles. The van der Waals surface area contributed by atoms with E-state index in [9.17, 15) is 30.7 Å². The molecular weight excluding hydrogens is 305 g/mol. The molecule has 124 valence electrons. The van der Waals surface area contributed by atoms with E-state index >= 15 is 0 Å². The fourth-order valence-corrected chi connectivity index (χ4v) is 1.22. The Kier molecular flexibility index (Phi) is 6.69. The number of alkyl halides is 7. The van der Waals surface area contributed by atoms with Crippen LogP contribution in [0.3, 0.4) is 0 Å². The van der Waals surface area contributed by atoms with Gasteiger partial charge in [0.15, 0.2) is 0 Å². The molecule has 0 spiro atoms. The average molecular weight is 323 g/mol. The van der Waals surface area contributed by atoms with E-state index in [0.717, 1.165) is 6.54 Å². The van der Waals surface area contributed by atoms with Crippen LogP contribution in [0.4, 0.5) is 30.7 Å². The SMILES string of the molecule is CC(F)(F)C(F)(F)C(F)(F)F.CCCCn1cc[n+](C)c1. The lowest BCUT2D eigenvalue weighted by Gasteiger charge is -2.24. The fourth-order valence-electron chi connectivity index (χ4n) is 1.22. The molecule has 21 heavy (non-hydrogen) atoms. The van der Waals surface area contributed by atoms with Crippen LogP contribution in [-0.4, -0.2) is 22.6 Å². The maximum atomic E-state index is 11.6. The minimum absolute atomic E-state index is 0.486. The second-order valence-electron chi connectivity index (χ2n) is 4.63. The van der Waals surface area contributed by atoms with E-state index in [1.807, 2.05) is 7.05 Å². The normalized spacial score (nSPS) is 12.9. The first-order valence-electron chi connectivity index (χ1n) is 6.16. The molecule has 0 saturated heterocycles. The van der Waals surface area contributed by atoms with Crippen LogP contribution in [-0.2, 0) is 13.6 Å². The van der Waals surface area contributed by atoms with Crippen LogP contribution in [0.25, 0.3) is 0 Å². The van der Waals surface area contributed by atoms with Crippen molar-refractivity contribution in [3.63, 3.8) is 0 Å². The second-order valence-corrected chi connectivity index (χ2v) is 4.63.